The molecule has 5 rings (SSSR count). The van der Waals surface area contributed by atoms with Crippen molar-refractivity contribution in [2.75, 3.05) is 0 Å². The average molecular weight is 463 g/mol. The number of allylic oxidation sites excluding steroid dienone is 2. The van der Waals surface area contributed by atoms with Gasteiger partial charge in [0.1, 0.15) is 0 Å². The number of aryl methyl sites for hydroxylation is 1. The normalized spacial score (nSPS) is 11.3. The maximum atomic E-state index is 4.23. The highest BCUT2D eigenvalue weighted by Gasteiger charge is 2.15. The van der Waals surface area contributed by atoms with Crippen LogP contribution in [0.2, 0.25) is 0 Å². The smallest absolute Gasteiger partial charge is 0.00700 e. The van der Waals surface area contributed by atoms with Gasteiger partial charge >= 0.3 is 0 Å². The van der Waals surface area contributed by atoms with Crippen LogP contribution in [0.3, 0.4) is 0 Å². The summed E-state index contributed by atoms with van der Waals surface area (Å²) in [4.78, 5) is 0. The van der Waals surface area contributed by atoms with E-state index in [1.54, 1.807) is 0 Å². The molecule has 0 fully saturated rings. The van der Waals surface area contributed by atoms with Crippen LogP contribution in [-0.4, -0.2) is 0 Å². The third-order valence-electron chi connectivity index (χ3n) is 6.49. The highest BCUT2D eigenvalue weighted by molar-refractivity contribution is 5.92. The zero-order valence-corrected chi connectivity index (χ0v) is 20.9. The van der Waals surface area contributed by atoms with E-state index in [4.69, 9.17) is 0 Å². The van der Waals surface area contributed by atoms with E-state index in [-0.39, 0.29) is 0 Å². The summed E-state index contributed by atoms with van der Waals surface area (Å²) >= 11 is 0. The SMILES string of the molecule is C=C(C)/C=C(/c1cccc(-c2cccc(-c3ccccc3)c2)c1)c1c(C)cccc1-c1ccccc1. The van der Waals surface area contributed by atoms with Crippen LogP contribution in [0.15, 0.2) is 146 Å². The molecular weight excluding hydrogens is 432 g/mol. The standard InChI is InChI=1S/C36H30/c1-26(2)23-35(36-27(3)13-10-22-34(36)29-16-8-5-9-17-29)33-21-12-20-32(25-33)31-19-11-18-30(24-31)28-14-6-4-7-15-28/h4-25H,1H2,2-3H3/b35-23-. The van der Waals surface area contributed by atoms with E-state index in [9.17, 15) is 0 Å². The lowest BCUT2D eigenvalue weighted by Gasteiger charge is -2.18. The topological polar surface area (TPSA) is 0 Å². The Kier molecular flexibility index (Phi) is 6.78. The Balaban J connectivity index is 1.64. The third-order valence-corrected chi connectivity index (χ3v) is 6.49. The first-order valence-corrected chi connectivity index (χ1v) is 12.4. The zero-order chi connectivity index (χ0) is 24.9. The van der Waals surface area contributed by atoms with Gasteiger partial charge in [-0.1, -0.05) is 133 Å². The fourth-order valence-electron chi connectivity index (χ4n) is 4.80. The maximum absolute atomic E-state index is 4.23. The second-order valence-electron chi connectivity index (χ2n) is 9.30. The second kappa shape index (κ2) is 10.5. The molecular formula is C36H30. The molecule has 0 heterocycles. The monoisotopic (exact) mass is 462 g/mol. The van der Waals surface area contributed by atoms with Crippen molar-refractivity contribution >= 4 is 5.57 Å². The number of benzene rings is 5. The molecule has 5 aromatic carbocycles. The van der Waals surface area contributed by atoms with Crippen molar-refractivity contribution in [2.24, 2.45) is 0 Å². The molecule has 0 amide bonds. The fourth-order valence-corrected chi connectivity index (χ4v) is 4.80. The molecule has 0 unspecified atom stereocenters. The predicted molar refractivity (Wildman–Crippen MR) is 156 cm³/mol. The molecule has 0 saturated heterocycles. The Morgan fingerprint density at radius 2 is 1.08 bits per heavy atom. The Morgan fingerprint density at radius 1 is 0.556 bits per heavy atom. The molecule has 0 aromatic heterocycles. The Bertz CT molecular complexity index is 1540. The molecule has 0 aliphatic carbocycles. The largest absolute Gasteiger partial charge is 0.0961 e. The van der Waals surface area contributed by atoms with Crippen molar-refractivity contribution in [3.63, 3.8) is 0 Å². The summed E-state index contributed by atoms with van der Waals surface area (Å²) in [5.41, 5.74) is 13.2. The molecule has 174 valence electrons. The van der Waals surface area contributed by atoms with Gasteiger partial charge in [0.05, 0.1) is 0 Å². The second-order valence-corrected chi connectivity index (χ2v) is 9.30. The van der Waals surface area contributed by atoms with Crippen LogP contribution in [0.4, 0.5) is 0 Å². The zero-order valence-electron chi connectivity index (χ0n) is 20.9. The van der Waals surface area contributed by atoms with Crippen molar-refractivity contribution in [1.29, 1.82) is 0 Å². The van der Waals surface area contributed by atoms with E-state index in [1.807, 2.05) is 0 Å². The van der Waals surface area contributed by atoms with E-state index in [1.165, 1.54) is 55.6 Å². The Morgan fingerprint density at radius 3 is 1.75 bits per heavy atom. The first kappa shape index (κ1) is 23.3. The van der Waals surface area contributed by atoms with E-state index in [0.717, 1.165) is 5.57 Å². The van der Waals surface area contributed by atoms with Gasteiger partial charge in [-0.15, -0.1) is 0 Å². The minimum absolute atomic E-state index is 1.03. The summed E-state index contributed by atoms with van der Waals surface area (Å²) in [6.07, 6.45) is 2.22. The van der Waals surface area contributed by atoms with E-state index >= 15 is 0 Å². The minimum Gasteiger partial charge on any atom is -0.0961 e. The van der Waals surface area contributed by atoms with Gasteiger partial charge < -0.3 is 0 Å². The number of hydrogen-bond acceptors (Lipinski definition) is 0. The first-order chi connectivity index (χ1) is 17.6. The van der Waals surface area contributed by atoms with Gasteiger partial charge in [-0.2, -0.15) is 0 Å². The predicted octanol–water partition coefficient (Wildman–Crippen LogP) is 10.0. The van der Waals surface area contributed by atoms with Crippen molar-refractivity contribution in [1.82, 2.24) is 0 Å². The summed E-state index contributed by atoms with van der Waals surface area (Å²) in [6.45, 7) is 8.49. The van der Waals surface area contributed by atoms with Gasteiger partial charge in [-0.05, 0) is 81.6 Å². The lowest BCUT2D eigenvalue weighted by atomic mass is 9.86. The first-order valence-electron chi connectivity index (χ1n) is 12.4. The average Bonchev–Trinajstić information content (AvgIpc) is 2.93. The summed E-state index contributed by atoms with van der Waals surface area (Å²) < 4.78 is 0. The molecule has 0 atom stereocenters. The summed E-state index contributed by atoms with van der Waals surface area (Å²) in [5.74, 6) is 0. The number of rotatable bonds is 6. The Hall–Kier alpha value is -4.42. The Labute approximate surface area is 214 Å². The fraction of sp³-hybridized carbons (Fsp3) is 0.0556. The van der Waals surface area contributed by atoms with Crippen LogP contribution in [0.5, 0.6) is 0 Å². The van der Waals surface area contributed by atoms with E-state index < -0.39 is 0 Å². The van der Waals surface area contributed by atoms with Crippen LogP contribution < -0.4 is 0 Å². The van der Waals surface area contributed by atoms with Gasteiger partial charge in [-0.3, -0.25) is 0 Å². The van der Waals surface area contributed by atoms with Crippen LogP contribution >= 0.6 is 0 Å². The van der Waals surface area contributed by atoms with Crippen molar-refractivity contribution in [2.45, 2.75) is 13.8 Å². The molecule has 0 bridgehead atoms. The van der Waals surface area contributed by atoms with Gasteiger partial charge in [0.2, 0.25) is 0 Å². The molecule has 0 heteroatoms. The summed E-state index contributed by atoms with van der Waals surface area (Å²) in [7, 11) is 0. The maximum Gasteiger partial charge on any atom is -0.00700 e. The quantitative estimate of drug-likeness (QED) is 0.220. The lowest BCUT2D eigenvalue weighted by molar-refractivity contribution is 1.40. The van der Waals surface area contributed by atoms with Crippen LogP contribution in [-0.2, 0) is 0 Å². The molecule has 36 heavy (non-hydrogen) atoms. The third kappa shape index (κ3) is 4.99. The molecule has 0 N–H and O–H groups in total. The molecule has 0 aliphatic rings. The van der Waals surface area contributed by atoms with Gasteiger partial charge in [0.25, 0.3) is 0 Å². The highest BCUT2D eigenvalue weighted by atomic mass is 14.2. The van der Waals surface area contributed by atoms with Crippen LogP contribution in [0.1, 0.15) is 23.6 Å². The molecule has 0 saturated carbocycles. The summed E-state index contributed by atoms with van der Waals surface area (Å²) in [5, 5.41) is 0. The van der Waals surface area contributed by atoms with Gasteiger partial charge in [0, 0.05) is 0 Å². The van der Waals surface area contributed by atoms with Crippen LogP contribution in [0.25, 0.3) is 39.0 Å². The molecule has 0 aliphatic heterocycles. The molecule has 0 radical (unpaired) electrons. The molecule has 5 aromatic rings. The van der Waals surface area contributed by atoms with E-state index in [2.05, 4.69) is 154 Å². The summed E-state index contributed by atoms with van der Waals surface area (Å²) in [6, 6.07) is 45.4. The minimum atomic E-state index is 1.03. The lowest BCUT2D eigenvalue weighted by Crippen LogP contribution is -1.97. The van der Waals surface area contributed by atoms with E-state index in [0.29, 0.717) is 0 Å². The van der Waals surface area contributed by atoms with Gasteiger partial charge in [-0.25, -0.2) is 0 Å². The van der Waals surface area contributed by atoms with Crippen molar-refractivity contribution < 1.29 is 0 Å². The number of hydrogen-bond donors (Lipinski definition) is 0. The van der Waals surface area contributed by atoms with Gasteiger partial charge in [0.15, 0.2) is 0 Å². The van der Waals surface area contributed by atoms with Crippen molar-refractivity contribution in [3.8, 4) is 33.4 Å². The van der Waals surface area contributed by atoms with Crippen molar-refractivity contribution in [3.05, 3.63) is 162 Å². The molecule has 0 nitrogen and oxygen atoms in total. The highest BCUT2D eigenvalue weighted by Crippen LogP contribution is 2.37. The molecule has 0 spiro atoms. The van der Waals surface area contributed by atoms with Crippen LogP contribution in [0, 0.1) is 6.92 Å².